The largest absolute Gasteiger partial charge is 0.319 e. The van der Waals surface area contributed by atoms with Crippen LogP contribution in [0.3, 0.4) is 0 Å². The molecule has 1 atom stereocenters. The molecule has 0 aliphatic carbocycles. The average Bonchev–Trinajstić information content (AvgIpc) is 2.69. The third-order valence-electron chi connectivity index (χ3n) is 1.96. The molecule has 0 aliphatic rings. The Kier molecular flexibility index (Phi) is 2.96. The van der Waals surface area contributed by atoms with E-state index in [0.29, 0.717) is 0 Å². The molecule has 72 valence electrons. The molecule has 0 radical (unpaired) electrons. The molecular formula is C10H9BrN2S. The number of pyridine rings is 1. The highest BCUT2D eigenvalue weighted by Gasteiger charge is 2.10. The summed E-state index contributed by atoms with van der Waals surface area (Å²) < 4.78 is 0.820. The molecule has 2 N–H and O–H groups in total. The van der Waals surface area contributed by atoms with Crippen LogP contribution in [0, 0.1) is 0 Å². The summed E-state index contributed by atoms with van der Waals surface area (Å²) in [4.78, 5) is 4.33. The Balaban J connectivity index is 2.32. The maximum atomic E-state index is 6.05. The van der Waals surface area contributed by atoms with E-state index >= 15 is 0 Å². The van der Waals surface area contributed by atoms with Gasteiger partial charge < -0.3 is 5.73 Å². The first-order valence-electron chi connectivity index (χ1n) is 4.17. The summed E-state index contributed by atoms with van der Waals surface area (Å²) >= 11 is 4.98. The van der Waals surface area contributed by atoms with Crippen molar-refractivity contribution in [1.29, 1.82) is 0 Å². The number of aromatic nitrogens is 1. The minimum Gasteiger partial charge on any atom is -0.319 e. The standard InChI is InChI=1S/C10H9BrN2S/c11-9-3-1-2-8(13-9)10(12)7-4-5-14-6-7/h1-6,10H,12H2/t10-/m1/s1. The Bertz CT molecular complexity index is 414. The van der Waals surface area contributed by atoms with Gasteiger partial charge in [-0.25, -0.2) is 4.98 Å². The van der Waals surface area contributed by atoms with Gasteiger partial charge in [-0.3, -0.25) is 0 Å². The Hall–Kier alpha value is -0.710. The summed E-state index contributed by atoms with van der Waals surface area (Å²) in [5, 5.41) is 4.07. The van der Waals surface area contributed by atoms with E-state index in [0.717, 1.165) is 15.9 Å². The van der Waals surface area contributed by atoms with E-state index in [9.17, 15) is 0 Å². The zero-order valence-electron chi connectivity index (χ0n) is 7.35. The lowest BCUT2D eigenvalue weighted by molar-refractivity contribution is 0.829. The second kappa shape index (κ2) is 4.21. The van der Waals surface area contributed by atoms with Crippen LogP contribution in [0.15, 0.2) is 39.6 Å². The van der Waals surface area contributed by atoms with Crippen molar-refractivity contribution in [3.63, 3.8) is 0 Å². The van der Waals surface area contributed by atoms with Crippen LogP contribution in [-0.2, 0) is 0 Å². The SMILES string of the molecule is N[C@H](c1ccsc1)c1cccc(Br)n1. The van der Waals surface area contributed by atoms with Gasteiger partial charge in [-0.1, -0.05) is 6.07 Å². The van der Waals surface area contributed by atoms with E-state index in [-0.39, 0.29) is 6.04 Å². The molecule has 0 unspecified atom stereocenters. The van der Waals surface area contributed by atoms with Crippen molar-refractivity contribution in [3.8, 4) is 0 Å². The van der Waals surface area contributed by atoms with E-state index in [2.05, 4.69) is 20.9 Å². The molecule has 4 heteroatoms. The summed E-state index contributed by atoms with van der Waals surface area (Å²) in [7, 11) is 0. The van der Waals surface area contributed by atoms with Crippen LogP contribution in [0.2, 0.25) is 0 Å². The maximum absolute atomic E-state index is 6.05. The first kappa shape index (κ1) is 9.83. The molecule has 0 saturated carbocycles. The molecule has 0 spiro atoms. The Morgan fingerprint density at radius 1 is 1.36 bits per heavy atom. The minimum atomic E-state index is -0.126. The number of thiophene rings is 1. The van der Waals surface area contributed by atoms with Gasteiger partial charge in [0.05, 0.1) is 11.7 Å². The van der Waals surface area contributed by atoms with Gasteiger partial charge in [0.15, 0.2) is 0 Å². The van der Waals surface area contributed by atoms with E-state index in [4.69, 9.17) is 5.73 Å². The maximum Gasteiger partial charge on any atom is 0.106 e. The van der Waals surface area contributed by atoms with Crippen LogP contribution >= 0.6 is 27.3 Å². The monoisotopic (exact) mass is 268 g/mol. The van der Waals surface area contributed by atoms with Crippen LogP contribution in [0.25, 0.3) is 0 Å². The van der Waals surface area contributed by atoms with Crippen molar-refractivity contribution in [2.24, 2.45) is 5.73 Å². The van der Waals surface area contributed by atoms with Crippen molar-refractivity contribution in [1.82, 2.24) is 4.98 Å². The van der Waals surface area contributed by atoms with Crippen molar-refractivity contribution in [3.05, 3.63) is 50.9 Å². The summed E-state index contributed by atoms with van der Waals surface area (Å²) in [6, 6.07) is 7.67. The predicted octanol–water partition coefficient (Wildman–Crippen LogP) is 2.95. The van der Waals surface area contributed by atoms with Crippen LogP contribution in [-0.4, -0.2) is 4.98 Å². The highest BCUT2D eigenvalue weighted by molar-refractivity contribution is 9.10. The van der Waals surface area contributed by atoms with Crippen LogP contribution in [0.1, 0.15) is 17.3 Å². The van der Waals surface area contributed by atoms with E-state index in [1.54, 1.807) is 11.3 Å². The number of hydrogen-bond acceptors (Lipinski definition) is 3. The fourth-order valence-corrected chi connectivity index (χ4v) is 2.27. The lowest BCUT2D eigenvalue weighted by Gasteiger charge is -2.08. The molecular weight excluding hydrogens is 260 g/mol. The van der Waals surface area contributed by atoms with Crippen molar-refractivity contribution >= 4 is 27.3 Å². The summed E-state index contributed by atoms with van der Waals surface area (Å²) in [5.41, 5.74) is 8.05. The van der Waals surface area contributed by atoms with E-state index < -0.39 is 0 Å². The fourth-order valence-electron chi connectivity index (χ4n) is 1.22. The van der Waals surface area contributed by atoms with Crippen LogP contribution < -0.4 is 5.73 Å². The molecule has 2 heterocycles. The molecule has 0 fully saturated rings. The molecule has 14 heavy (non-hydrogen) atoms. The summed E-state index contributed by atoms with van der Waals surface area (Å²) in [5.74, 6) is 0. The molecule has 2 aromatic heterocycles. The highest BCUT2D eigenvalue weighted by atomic mass is 79.9. The first-order valence-corrected chi connectivity index (χ1v) is 5.91. The molecule has 0 aromatic carbocycles. The number of nitrogens with two attached hydrogens (primary N) is 1. The second-order valence-electron chi connectivity index (χ2n) is 2.92. The number of halogens is 1. The van der Waals surface area contributed by atoms with Crippen LogP contribution in [0.4, 0.5) is 0 Å². The zero-order chi connectivity index (χ0) is 9.97. The molecule has 2 rings (SSSR count). The normalized spacial score (nSPS) is 12.7. The third kappa shape index (κ3) is 2.03. The van der Waals surface area contributed by atoms with Crippen molar-refractivity contribution in [2.45, 2.75) is 6.04 Å². The van der Waals surface area contributed by atoms with Gasteiger partial charge in [0.25, 0.3) is 0 Å². The minimum absolute atomic E-state index is 0.126. The molecule has 2 nitrogen and oxygen atoms in total. The number of nitrogens with zero attached hydrogens (tertiary/aromatic N) is 1. The van der Waals surface area contributed by atoms with Gasteiger partial charge in [0, 0.05) is 0 Å². The Labute approximate surface area is 94.9 Å². The quantitative estimate of drug-likeness (QED) is 0.851. The highest BCUT2D eigenvalue weighted by Crippen LogP contribution is 2.21. The van der Waals surface area contributed by atoms with Gasteiger partial charge >= 0.3 is 0 Å². The molecule has 2 aromatic rings. The summed E-state index contributed by atoms with van der Waals surface area (Å²) in [6.45, 7) is 0. The topological polar surface area (TPSA) is 38.9 Å². The third-order valence-corrected chi connectivity index (χ3v) is 3.10. The lowest BCUT2D eigenvalue weighted by atomic mass is 10.1. The lowest BCUT2D eigenvalue weighted by Crippen LogP contribution is -2.12. The van der Waals surface area contributed by atoms with E-state index in [1.807, 2.05) is 35.0 Å². The molecule has 0 amide bonds. The fraction of sp³-hybridized carbons (Fsp3) is 0.100. The Morgan fingerprint density at radius 3 is 2.86 bits per heavy atom. The van der Waals surface area contributed by atoms with Gasteiger partial charge in [0.2, 0.25) is 0 Å². The van der Waals surface area contributed by atoms with E-state index in [1.165, 1.54) is 0 Å². The predicted molar refractivity (Wildman–Crippen MR) is 62.3 cm³/mol. The Morgan fingerprint density at radius 2 is 2.21 bits per heavy atom. The van der Waals surface area contributed by atoms with Gasteiger partial charge in [-0.05, 0) is 50.5 Å². The second-order valence-corrected chi connectivity index (χ2v) is 4.51. The summed E-state index contributed by atoms with van der Waals surface area (Å²) in [6.07, 6.45) is 0. The smallest absolute Gasteiger partial charge is 0.106 e. The van der Waals surface area contributed by atoms with Crippen molar-refractivity contribution in [2.75, 3.05) is 0 Å². The molecule has 0 aliphatic heterocycles. The number of rotatable bonds is 2. The van der Waals surface area contributed by atoms with Gasteiger partial charge in [0.1, 0.15) is 4.60 Å². The first-order chi connectivity index (χ1) is 6.77. The number of hydrogen-bond donors (Lipinski definition) is 1. The van der Waals surface area contributed by atoms with Gasteiger partial charge in [-0.15, -0.1) is 0 Å². The van der Waals surface area contributed by atoms with Crippen LogP contribution in [0.5, 0.6) is 0 Å². The van der Waals surface area contributed by atoms with Gasteiger partial charge in [-0.2, -0.15) is 11.3 Å². The zero-order valence-corrected chi connectivity index (χ0v) is 9.75. The van der Waals surface area contributed by atoms with Crippen molar-refractivity contribution < 1.29 is 0 Å². The average molecular weight is 269 g/mol. The molecule has 0 saturated heterocycles. The molecule has 0 bridgehead atoms.